The van der Waals surface area contributed by atoms with Gasteiger partial charge in [-0.15, -0.1) is 0 Å². The van der Waals surface area contributed by atoms with Crippen LogP contribution in [0.1, 0.15) is 6.42 Å². The van der Waals surface area contributed by atoms with Crippen LogP contribution in [-0.4, -0.2) is 22.6 Å². The zero-order chi connectivity index (χ0) is 17.4. The lowest BCUT2D eigenvalue weighted by atomic mass is 10.0. The van der Waals surface area contributed by atoms with Crippen molar-refractivity contribution in [2.24, 2.45) is 17.6 Å². The molecule has 0 unspecified atom stereocenters. The molecular formula is C19H18N4O2. The van der Waals surface area contributed by atoms with Crippen molar-refractivity contribution in [1.29, 1.82) is 0 Å². The Hall–Kier alpha value is -2.99. The molecule has 1 aliphatic carbocycles. The Balaban J connectivity index is 1.67. The lowest BCUT2D eigenvalue weighted by molar-refractivity contribution is -0.117. The monoisotopic (exact) mass is 334 g/mol. The molecule has 1 aromatic heterocycles. The van der Waals surface area contributed by atoms with Gasteiger partial charge in [0, 0.05) is 22.6 Å². The first kappa shape index (κ1) is 15.5. The first-order valence-corrected chi connectivity index (χ1v) is 8.26. The van der Waals surface area contributed by atoms with Crippen LogP contribution in [-0.2, 0) is 4.79 Å². The summed E-state index contributed by atoms with van der Waals surface area (Å²) in [5.41, 5.74) is 7.60. The molecule has 6 nitrogen and oxygen atoms in total. The number of fused-ring (bicyclic) bond motifs is 1. The molecular weight excluding hydrogens is 316 g/mol. The molecule has 4 rings (SSSR count). The smallest absolute Gasteiger partial charge is 0.272 e. The fourth-order valence-corrected chi connectivity index (χ4v) is 3.14. The van der Waals surface area contributed by atoms with Gasteiger partial charge in [0.15, 0.2) is 0 Å². The molecule has 3 aromatic rings. The van der Waals surface area contributed by atoms with Crippen LogP contribution in [0.2, 0.25) is 0 Å². The molecule has 4 N–H and O–H groups in total. The van der Waals surface area contributed by atoms with Gasteiger partial charge in [-0.2, -0.15) is 5.10 Å². The number of nitrogens with two attached hydrogens (primary N) is 1. The molecule has 0 aliphatic heterocycles. The van der Waals surface area contributed by atoms with Gasteiger partial charge in [0.2, 0.25) is 5.91 Å². The molecule has 1 amide bonds. The number of carbonyl (C=O) groups is 1. The molecule has 126 valence electrons. The highest BCUT2D eigenvalue weighted by Gasteiger charge is 2.41. The van der Waals surface area contributed by atoms with Crippen LogP contribution in [0.5, 0.6) is 0 Å². The number of hydrogen-bond donors (Lipinski definition) is 3. The van der Waals surface area contributed by atoms with Gasteiger partial charge in [-0.3, -0.25) is 9.59 Å². The fraction of sp³-hybridized carbons (Fsp3) is 0.211. The average Bonchev–Trinajstić information content (AvgIpc) is 3.43. The maximum absolute atomic E-state index is 12.2. The van der Waals surface area contributed by atoms with E-state index < -0.39 is 0 Å². The number of hydrogen-bond acceptors (Lipinski definition) is 4. The van der Waals surface area contributed by atoms with E-state index in [9.17, 15) is 9.59 Å². The van der Waals surface area contributed by atoms with E-state index in [1.807, 2.05) is 42.5 Å². The van der Waals surface area contributed by atoms with E-state index >= 15 is 0 Å². The Morgan fingerprint density at radius 2 is 2.00 bits per heavy atom. The van der Waals surface area contributed by atoms with Crippen LogP contribution < -0.4 is 16.6 Å². The van der Waals surface area contributed by atoms with Crippen LogP contribution in [0, 0.1) is 11.8 Å². The molecule has 1 fully saturated rings. The summed E-state index contributed by atoms with van der Waals surface area (Å²) in [5, 5.41) is 11.0. The van der Waals surface area contributed by atoms with Gasteiger partial charge >= 0.3 is 0 Å². The minimum atomic E-state index is -0.217. The molecule has 1 aliphatic rings. The Kier molecular flexibility index (Phi) is 3.82. The molecule has 2 aromatic carbocycles. The highest BCUT2D eigenvalue weighted by atomic mass is 16.2. The summed E-state index contributed by atoms with van der Waals surface area (Å²) in [4.78, 5) is 24.1. The van der Waals surface area contributed by atoms with E-state index in [4.69, 9.17) is 5.73 Å². The van der Waals surface area contributed by atoms with E-state index in [1.165, 1.54) is 0 Å². The minimum absolute atomic E-state index is 0.00638. The van der Waals surface area contributed by atoms with Crippen molar-refractivity contribution in [3.63, 3.8) is 0 Å². The summed E-state index contributed by atoms with van der Waals surface area (Å²) in [6.45, 7) is 0.547. The van der Waals surface area contributed by atoms with E-state index in [1.54, 1.807) is 6.07 Å². The van der Waals surface area contributed by atoms with Gasteiger partial charge in [-0.05, 0) is 37.1 Å². The summed E-state index contributed by atoms with van der Waals surface area (Å²) < 4.78 is 0. The van der Waals surface area contributed by atoms with Crippen LogP contribution in [0.15, 0.2) is 53.3 Å². The number of aromatic amines is 1. The van der Waals surface area contributed by atoms with Crippen molar-refractivity contribution in [3.05, 3.63) is 58.9 Å². The SMILES string of the molecule is NC[C@H]1C[C@@H]1C(=O)Nc1cccc(-c2n[nH]c(=O)c3ccccc23)c1. The Labute approximate surface area is 144 Å². The van der Waals surface area contributed by atoms with Gasteiger partial charge in [0.05, 0.1) is 11.1 Å². The standard InChI is InChI=1S/C19H18N4O2/c20-10-12-9-16(12)18(24)21-13-5-3-4-11(8-13)17-14-6-1-2-7-15(14)19(25)23-22-17/h1-8,12,16H,9-10,20H2,(H,21,24)(H,23,25)/t12-,16+/m1/s1. The van der Waals surface area contributed by atoms with Gasteiger partial charge in [0.25, 0.3) is 5.56 Å². The van der Waals surface area contributed by atoms with E-state index in [2.05, 4.69) is 15.5 Å². The molecule has 1 saturated carbocycles. The van der Waals surface area contributed by atoms with Crippen LogP contribution in [0.25, 0.3) is 22.0 Å². The maximum Gasteiger partial charge on any atom is 0.272 e. The summed E-state index contributed by atoms with van der Waals surface area (Å²) in [7, 11) is 0. The van der Waals surface area contributed by atoms with Crippen molar-refractivity contribution in [1.82, 2.24) is 10.2 Å². The number of aromatic nitrogens is 2. The Bertz CT molecular complexity index is 1010. The second kappa shape index (κ2) is 6.14. The number of nitrogens with one attached hydrogen (secondary N) is 2. The van der Waals surface area contributed by atoms with Crippen molar-refractivity contribution < 1.29 is 4.79 Å². The first-order chi connectivity index (χ1) is 12.2. The average molecular weight is 334 g/mol. The number of benzene rings is 2. The van der Waals surface area contributed by atoms with Crippen molar-refractivity contribution >= 4 is 22.4 Å². The van der Waals surface area contributed by atoms with E-state index in [0.717, 1.165) is 17.4 Å². The lowest BCUT2D eigenvalue weighted by Gasteiger charge is -2.09. The molecule has 25 heavy (non-hydrogen) atoms. The fourth-order valence-electron chi connectivity index (χ4n) is 3.14. The largest absolute Gasteiger partial charge is 0.330 e. The number of carbonyl (C=O) groups excluding carboxylic acids is 1. The third-order valence-corrected chi connectivity index (χ3v) is 4.66. The topological polar surface area (TPSA) is 101 Å². The summed E-state index contributed by atoms with van der Waals surface area (Å²) in [5.74, 6) is 0.320. The number of amides is 1. The number of nitrogens with zero attached hydrogens (tertiary/aromatic N) is 1. The number of anilines is 1. The van der Waals surface area contributed by atoms with Gasteiger partial charge in [0.1, 0.15) is 0 Å². The second-order valence-corrected chi connectivity index (χ2v) is 6.35. The quantitative estimate of drug-likeness (QED) is 0.680. The molecule has 0 spiro atoms. The molecule has 6 heteroatoms. The zero-order valence-corrected chi connectivity index (χ0v) is 13.5. The second-order valence-electron chi connectivity index (χ2n) is 6.35. The molecule has 0 radical (unpaired) electrons. The summed E-state index contributed by atoms with van der Waals surface area (Å²) in [6.07, 6.45) is 0.855. The van der Waals surface area contributed by atoms with Crippen molar-refractivity contribution in [2.75, 3.05) is 11.9 Å². The summed E-state index contributed by atoms with van der Waals surface area (Å²) >= 11 is 0. The van der Waals surface area contributed by atoms with Crippen LogP contribution in [0.3, 0.4) is 0 Å². The molecule has 0 bridgehead atoms. The first-order valence-electron chi connectivity index (χ1n) is 8.26. The molecule has 1 heterocycles. The van der Waals surface area contributed by atoms with Gasteiger partial charge < -0.3 is 11.1 Å². The maximum atomic E-state index is 12.2. The summed E-state index contributed by atoms with van der Waals surface area (Å²) in [6, 6.07) is 14.8. The normalized spacial score (nSPS) is 18.9. The van der Waals surface area contributed by atoms with Crippen molar-refractivity contribution in [3.8, 4) is 11.3 Å². The third-order valence-electron chi connectivity index (χ3n) is 4.66. The molecule has 2 atom stereocenters. The highest BCUT2D eigenvalue weighted by molar-refractivity contribution is 5.97. The Morgan fingerprint density at radius 1 is 1.20 bits per heavy atom. The highest BCUT2D eigenvalue weighted by Crippen LogP contribution is 2.38. The lowest BCUT2D eigenvalue weighted by Crippen LogP contribution is -2.17. The van der Waals surface area contributed by atoms with Crippen LogP contribution in [0.4, 0.5) is 5.69 Å². The van der Waals surface area contributed by atoms with E-state index in [0.29, 0.717) is 29.2 Å². The number of rotatable bonds is 4. The van der Waals surface area contributed by atoms with E-state index in [-0.39, 0.29) is 17.4 Å². The molecule has 0 saturated heterocycles. The van der Waals surface area contributed by atoms with Crippen molar-refractivity contribution in [2.45, 2.75) is 6.42 Å². The third kappa shape index (κ3) is 2.92. The van der Waals surface area contributed by atoms with Gasteiger partial charge in [-0.1, -0.05) is 30.3 Å². The Morgan fingerprint density at radius 3 is 2.76 bits per heavy atom. The predicted octanol–water partition coefficient (Wildman–Crippen LogP) is 2.12. The van der Waals surface area contributed by atoms with Crippen LogP contribution >= 0.6 is 0 Å². The minimum Gasteiger partial charge on any atom is -0.330 e. The van der Waals surface area contributed by atoms with Gasteiger partial charge in [-0.25, -0.2) is 5.10 Å². The number of H-pyrrole nitrogens is 1. The zero-order valence-electron chi connectivity index (χ0n) is 13.5. The predicted molar refractivity (Wildman–Crippen MR) is 97.1 cm³/mol.